The van der Waals surface area contributed by atoms with E-state index in [1.54, 1.807) is 22.6 Å². The quantitative estimate of drug-likeness (QED) is 0.485. The van der Waals surface area contributed by atoms with Gasteiger partial charge in [-0.2, -0.15) is 13.8 Å². The standard InChI is InChI=1S/C7H4F4INO/c8-5(9)7(11)14-4-2-1-3(12)6(10)13-4/h1-2,5,7H. The summed E-state index contributed by atoms with van der Waals surface area (Å²) >= 11 is 1.65. The summed E-state index contributed by atoms with van der Waals surface area (Å²) in [5, 5.41) is 0. The van der Waals surface area contributed by atoms with Crippen molar-refractivity contribution in [3.63, 3.8) is 0 Å². The van der Waals surface area contributed by atoms with Gasteiger partial charge in [-0.15, -0.1) is 0 Å². The third-order valence-corrected chi connectivity index (χ3v) is 2.01. The molecule has 0 N–H and O–H groups in total. The predicted octanol–water partition coefficient (Wildman–Crippen LogP) is 2.76. The monoisotopic (exact) mass is 321 g/mol. The molecule has 1 heterocycles. The average Bonchev–Trinajstić information content (AvgIpc) is 2.11. The summed E-state index contributed by atoms with van der Waals surface area (Å²) < 4.78 is 52.6. The van der Waals surface area contributed by atoms with Gasteiger partial charge in [-0.3, -0.25) is 0 Å². The maximum atomic E-state index is 12.7. The first kappa shape index (κ1) is 11.5. The normalized spacial score (nSPS) is 13.0. The van der Waals surface area contributed by atoms with E-state index in [0.717, 1.165) is 6.07 Å². The summed E-state index contributed by atoms with van der Waals surface area (Å²) in [4.78, 5) is 3.13. The number of hydrogen-bond acceptors (Lipinski definition) is 2. The van der Waals surface area contributed by atoms with Crippen molar-refractivity contribution in [1.29, 1.82) is 0 Å². The molecular weight excluding hydrogens is 317 g/mol. The van der Waals surface area contributed by atoms with Crippen LogP contribution in [0.5, 0.6) is 5.88 Å². The highest BCUT2D eigenvalue weighted by molar-refractivity contribution is 14.1. The molecular formula is C7H4F4INO. The molecule has 1 atom stereocenters. The molecule has 7 heteroatoms. The van der Waals surface area contributed by atoms with Crippen molar-refractivity contribution < 1.29 is 22.3 Å². The number of pyridine rings is 1. The molecule has 0 aromatic carbocycles. The smallest absolute Gasteiger partial charge is 0.304 e. The number of aromatic nitrogens is 1. The molecule has 0 saturated carbocycles. The van der Waals surface area contributed by atoms with Crippen molar-refractivity contribution in [3.05, 3.63) is 21.7 Å². The van der Waals surface area contributed by atoms with Crippen LogP contribution in [-0.2, 0) is 0 Å². The number of alkyl halides is 3. The summed E-state index contributed by atoms with van der Waals surface area (Å²) in [7, 11) is 0. The molecule has 0 spiro atoms. The zero-order valence-electron chi connectivity index (χ0n) is 6.55. The summed E-state index contributed by atoms with van der Waals surface area (Å²) in [6.07, 6.45) is -6.07. The summed E-state index contributed by atoms with van der Waals surface area (Å²) in [6.45, 7) is 0. The van der Waals surface area contributed by atoms with E-state index in [0.29, 0.717) is 0 Å². The molecule has 1 aromatic rings. The highest BCUT2D eigenvalue weighted by Crippen LogP contribution is 2.17. The Hall–Kier alpha value is -0.600. The van der Waals surface area contributed by atoms with E-state index >= 15 is 0 Å². The molecule has 1 aromatic heterocycles. The Morgan fingerprint density at radius 1 is 1.29 bits per heavy atom. The summed E-state index contributed by atoms with van der Waals surface area (Å²) in [5.41, 5.74) is 0. The highest BCUT2D eigenvalue weighted by Gasteiger charge is 2.21. The summed E-state index contributed by atoms with van der Waals surface area (Å²) in [6, 6.07) is 2.36. The van der Waals surface area contributed by atoms with Crippen LogP contribution in [0.25, 0.3) is 0 Å². The van der Waals surface area contributed by atoms with E-state index in [2.05, 4.69) is 9.72 Å². The van der Waals surface area contributed by atoms with Crippen LogP contribution in [0.15, 0.2) is 12.1 Å². The lowest BCUT2D eigenvalue weighted by molar-refractivity contribution is -0.0693. The maximum absolute atomic E-state index is 12.7. The molecule has 1 rings (SSSR count). The molecule has 2 nitrogen and oxygen atoms in total. The predicted molar refractivity (Wildman–Crippen MR) is 48.4 cm³/mol. The van der Waals surface area contributed by atoms with E-state index in [1.807, 2.05) is 0 Å². The van der Waals surface area contributed by atoms with Gasteiger partial charge < -0.3 is 4.74 Å². The number of ether oxygens (including phenoxy) is 1. The molecule has 0 radical (unpaired) electrons. The van der Waals surface area contributed by atoms with Gasteiger partial charge in [0, 0.05) is 6.07 Å². The van der Waals surface area contributed by atoms with Gasteiger partial charge in [0.2, 0.25) is 11.8 Å². The molecule has 0 fully saturated rings. The first-order valence-corrected chi connectivity index (χ1v) is 4.49. The third-order valence-electron chi connectivity index (χ3n) is 1.21. The zero-order chi connectivity index (χ0) is 10.7. The van der Waals surface area contributed by atoms with Crippen molar-refractivity contribution in [2.75, 3.05) is 0 Å². The van der Waals surface area contributed by atoms with E-state index < -0.39 is 24.6 Å². The Kier molecular flexibility index (Phi) is 3.90. The highest BCUT2D eigenvalue weighted by atomic mass is 127. The van der Waals surface area contributed by atoms with Crippen molar-refractivity contribution in [3.8, 4) is 5.88 Å². The van der Waals surface area contributed by atoms with Gasteiger partial charge in [-0.1, -0.05) is 0 Å². The second-order valence-corrected chi connectivity index (χ2v) is 3.39. The van der Waals surface area contributed by atoms with Gasteiger partial charge in [0.25, 0.3) is 6.36 Å². The van der Waals surface area contributed by atoms with Crippen molar-refractivity contribution >= 4 is 22.6 Å². The number of halogens is 5. The Morgan fingerprint density at radius 2 is 1.93 bits per heavy atom. The minimum absolute atomic E-state index is 0.197. The third kappa shape index (κ3) is 2.96. The molecule has 0 bridgehead atoms. The molecule has 0 saturated heterocycles. The van der Waals surface area contributed by atoms with Gasteiger partial charge in [-0.25, -0.2) is 8.78 Å². The Morgan fingerprint density at radius 3 is 2.43 bits per heavy atom. The lowest BCUT2D eigenvalue weighted by atomic mass is 10.5. The fourth-order valence-corrected chi connectivity index (χ4v) is 0.933. The van der Waals surface area contributed by atoms with E-state index in [4.69, 9.17) is 0 Å². The lowest BCUT2D eigenvalue weighted by Gasteiger charge is -2.09. The number of hydrogen-bond donors (Lipinski definition) is 0. The van der Waals surface area contributed by atoms with E-state index in [9.17, 15) is 17.6 Å². The Balaban J connectivity index is 2.73. The van der Waals surface area contributed by atoms with E-state index in [-0.39, 0.29) is 3.57 Å². The van der Waals surface area contributed by atoms with Crippen LogP contribution >= 0.6 is 22.6 Å². The molecule has 0 aliphatic heterocycles. The second kappa shape index (κ2) is 4.76. The minimum atomic E-state index is -3.28. The van der Waals surface area contributed by atoms with Gasteiger partial charge in [0.15, 0.2) is 0 Å². The topological polar surface area (TPSA) is 22.1 Å². The first-order valence-electron chi connectivity index (χ1n) is 3.41. The molecule has 0 amide bonds. The van der Waals surface area contributed by atoms with Crippen LogP contribution < -0.4 is 4.74 Å². The van der Waals surface area contributed by atoms with Gasteiger partial charge in [0.05, 0.1) is 3.57 Å². The molecule has 1 unspecified atom stereocenters. The minimum Gasteiger partial charge on any atom is -0.437 e. The van der Waals surface area contributed by atoms with Gasteiger partial charge >= 0.3 is 6.43 Å². The molecule has 78 valence electrons. The van der Waals surface area contributed by atoms with Crippen LogP contribution in [0.4, 0.5) is 17.6 Å². The molecule has 0 aliphatic carbocycles. The van der Waals surface area contributed by atoms with Crippen LogP contribution in [0.1, 0.15) is 0 Å². The molecule has 14 heavy (non-hydrogen) atoms. The van der Waals surface area contributed by atoms with Crippen LogP contribution in [0, 0.1) is 9.52 Å². The van der Waals surface area contributed by atoms with Gasteiger partial charge in [-0.05, 0) is 28.7 Å². The SMILES string of the molecule is Fc1nc(OC(F)C(F)F)ccc1I. The zero-order valence-corrected chi connectivity index (χ0v) is 8.71. The Bertz CT molecular complexity index is 323. The maximum Gasteiger partial charge on any atom is 0.304 e. The fraction of sp³-hybridized carbons (Fsp3) is 0.286. The van der Waals surface area contributed by atoms with Crippen LogP contribution in [0.3, 0.4) is 0 Å². The Labute approximate surface area is 90.4 Å². The van der Waals surface area contributed by atoms with Crippen LogP contribution in [-0.4, -0.2) is 17.8 Å². The van der Waals surface area contributed by atoms with Gasteiger partial charge in [0.1, 0.15) is 0 Å². The summed E-state index contributed by atoms with van der Waals surface area (Å²) in [5.74, 6) is -1.39. The van der Waals surface area contributed by atoms with Crippen molar-refractivity contribution in [1.82, 2.24) is 4.98 Å². The van der Waals surface area contributed by atoms with Crippen molar-refractivity contribution in [2.45, 2.75) is 12.8 Å². The van der Waals surface area contributed by atoms with Crippen LogP contribution in [0.2, 0.25) is 0 Å². The average molecular weight is 321 g/mol. The largest absolute Gasteiger partial charge is 0.437 e. The lowest BCUT2D eigenvalue weighted by Crippen LogP contribution is -2.20. The first-order chi connectivity index (χ1) is 6.50. The fourth-order valence-electron chi connectivity index (χ4n) is 0.633. The second-order valence-electron chi connectivity index (χ2n) is 2.23. The van der Waals surface area contributed by atoms with Crippen molar-refractivity contribution in [2.24, 2.45) is 0 Å². The number of rotatable bonds is 3. The number of nitrogens with zero attached hydrogens (tertiary/aromatic N) is 1. The van der Waals surface area contributed by atoms with E-state index in [1.165, 1.54) is 6.07 Å². The molecule has 0 aliphatic rings.